The minimum absolute atomic E-state index is 0.451. The van der Waals surface area contributed by atoms with E-state index in [1.807, 2.05) is 6.07 Å². The predicted octanol–water partition coefficient (Wildman–Crippen LogP) is 5.03. The van der Waals surface area contributed by atoms with Crippen LogP contribution in [0.3, 0.4) is 0 Å². The molecule has 0 unspecified atom stereocenters. The van der Waals surface area contributed by atoms with E-state index in [9.17, 15) is 0 Å². The molecule has 0 N–H and O–H groups in total. The van der Waals surface area contributed by atoms with Crippen LogP contribution in [0.4, 0.5) is 0 Å². The Morgan fingerprint density at radius 3 is 2.14 bits per heavy atom. The fraction of sp³-hybridized carbons (Fsp3) is 0.400. The minimum Gasteiger partial charge on any atom is -0.497 e. The molecule has 0 saturated heterocycles. The Morgan fingerprint density at radius 2 is 1.59 bits per heavy atom. The highest BCUT2D eigenvalue weighted by atomic mass is 16.5. The number of hydrogen-bond acceptors (Lipinski definition) is 2. The van der Waals surface area contributed by atoms with Gasteiger partial charge >= 0.3 is 0 Å². The van der Waals surface area contributed by atoms with E-state index in [4.69, 9.17) is 9.47 Å². The van der Waals surface area contributed by atoms with Gasteiger partial charge in [0, 0.05) is 0 Å². The highest BCUT2D eigenvalue weighted by Crippen LogP contribution is 2.33. The van der Waals surface area contributed by atoms with E-state index in [1.165, 1.54) is 27.8 Å². The summed E-state index contributed by atoms with van der Waals surface area (Å²) in [7, 11) is 3.45. The third-order valence-electron chi connectivity index (χ3n) is 4.31. The van der Waals surface area contributed by atoms with E-state index >= 15 is 0 Å². The van der Waals surface area contributed by atoms with Gasteiger partial charge in [0.25, 0.3) is 0 Å². The van der Waals surface area contributed by atoms with Gasteiger partial charge in [0.15, 0.2) is 0 Å². The van der Waals surface area contributed by atoms with E-state index in [2.05, 4.69) is 52.0 Å². The molecule has 0 radical (unpaired) electrons. The molecule has 0 aliphatic heterocycles. The molecule has 118 valence electrons. The zero-order valence-electron chi connectivity index (χ0n) is 14.5. The number of rotatable bonds is 5. The lowest BCUT2D eigenvalue weighted by molar-refractivity contribution is 0.407. The van der Waals surface area contributed by atoms with Crippen molar-refractivity contribution in [1.29, 1.82) is 0 Å². The third-order valence-corrected chi connectivity index (χ3v) is 4.31. The van der Waals surface area contributed by atoms with E-state index in [-0.39, 0.29) is 0 Å². The first-order chi connectivity index (χ1) is 10.5. The lowest BCUT2D eigenvalue weighted by atomic mass is 9.89. The Balaban J connectivity index is 2.40. The van der Waals surface area contributed by atoms with Crippen molar-refractivity contribution in [2.24, 2.45) is 0 Å². The average Bonchev–Trinajstić information content (AvgIpc) is 2.50. The summed E-state index contributed by atoms with van der Waals surface area (Å²) in [5, 5.41) is 0. The summed E-state index contributed by atoms with van der Waals surface area (Å²) < 4.78 is 10.8. The molecule has 0 fully saturated rings. The van der Waals surface area contributed by atoms with Gasteiger partial charge in [-0.05, 0) is 72.2 Å². The van der Waals surface area contributed by atoms with Crippen LogP contribution in [0.2, 0.25) is 0 Å². The molecule has 2 heteroatoms. The largest absolute Gasteiger partial charge is 0.497 e. The fourth-order valence-corrected chi connectivity index (χ4v) is 3.03. The Kier molecular flexibility index (Phi) is 5.12. The van der Waals surface area contributed by atoms with Gasteiger partial charge in [-0.3, -0.25) is 0 Å². The van der Waals surface area contributed by atoms with E-state index < -0.39 is 0 Å². The van der Waals surface area contributed by atoms with Crippen molar-refractivity contribution >= 4 is 0 Å². The van der Waals surface area contributed by atoms with Crippen LogP contribution in [0.5, 0.6) is 11.5 Å². The van der Waals surface area contributed by atoms with Gasteiger partial charge in [0.05, 0.1) is 14.2 Å². The van der Waals surface area contributed by atoms with Gasteiger partial charge in [0.2, 0.25) is 0 Å². The summed E-state index contributed by atoms with van der Waals surface area (Å²) in [6.45, 7) is 8.77. The Morgan fingerprint density at radius 1 is 0.909 bits per heavy atom. The first-order valence-electron chi connectivity index (χ1n) is 7.77. The summed E-state index contributed by atoms with van der Waals surface area (Å²) >= 11 is 0. The van der Waals surface area contributed by atoms with Gasteiger partial charge in [-0.25, -0.2) is 0 Å². The zero-order valence-corrected chi connectivity index (χ0v) is 14.5. The molecule has 22 heavy (non-hydrogen) atoms. The fourth-order valence-electron chi connectivity index (χ4n) is 3.03. The Bertz CT molecular complexity index is 657. The molecule has 2 aromatic carbocycles. The van der Waals surface area contributed by atoms with Crippen LogP contribution >= 0.6 is 0 Å². The molecule has 0 bridgehead atoms. The van der Waals surface area contributed by atoms with Crippen LogP contribution < -0.4 is 9.47 Å². The SMILES string of the molecule is COc1ccc(Cc2ccc(OC)c(C(C)C)c2C)c(C)c1. The summed E-state index contributed by atoms with van der Waals surface area (Å²) in [6.07, 6.45) is 0.936. The quantitative estimate of drug-likeness (QED) is 0.770. The highest BCUT2D eigenvalue weighted by Gasteiger charge is 2.14. The molecule has 2 rings (SSSR count). The molecule has 0 saturated carbocycles. The lowest BCUT2D eigenvalue weighted by Crippen LogP contribution is -2.03. The Hall–Kier alpha value is -1.96. The molecular formula is C20H26O2. The van der Waals surface area contributed by atoms with Crippen LogP contribution in [0.15, 0.2) is 30.3 Å². The van der Waals surface area contributed by atoms with E-state index in [0.29, 0.717) is 5.92 Å². The number of aryl methyl sites for hydroxylation is 1. The van der Waals surface area contributed by atoms with Crippen molar-refractivity contribution in [2.45, 2.75) is 40.0 Å². The third kappa shape index (κ3) is 3.27. The molecule has 0 aliphatic carbocycles. The summed E-state index contributed by atoms with van der Waals surface area (Å²) in [6, 6.07) is 10.6. The van der Waals surface area contributed by atoms with Crippen LogP contribution in [-0.2, 0) is 6.42 Å². The number of methoxy groups -OCH3 is 2. The van der Waals surface area contributed by atoms with Crippen molar-refractivity contribution in [3.63, 3.8) is 0 Å². The van der Waals surface area contributed by atoms with Crippen LogP contribution in [0.1, 0.15) is 47.6 Å². The van der Waals surface area contributed by atoms with Crippen molar-refractivity contribution in [2.75, 3.05) is 14.2 Å². The normalized spacial score (nSPS) is 10.9. The molecule has 0 aliphatic rings. The molecular weight excluding hydrogens is 272 g/mol. The van der Waals surface area contributed by atoms with Gasteiger partial charge in [-0.2, -0.15) is 0 Å². The summed E-state index contributed by atoms with van der Waals surface area (Å²) in [4.78, 5) is 0. The molecule has 0 spiro atoms. The first-order valence-corrected chi connectivity index (χ1v) is 7.77. The molecule has 0 amide bonds. The van der Waals surface area contributed by atoms with Crippen molar-refractivity contribution < 1.29 is 9.47 Å². The summed E-state index contributed by atoms with van der Waals surface area (Å²) in [5.74, 6) is 2.35. The van der Waals surface area contributed by atoms with Crippen molar-refractivity contribution in [1.82, 2.24) is 0 Å². The monoisotopic (exact) mass is 298 g/mol. The molecule has 0 heterocycles. The van der Waals surface area contributed by atoms with Crippen LogP contribution in [0, 0.1) is 13.8 Å². The number of hydrogen-bond donors (Lipinski definition) is 0. The predicted molar refractivity (Wildman–Crippen MR) is 92.4 cm³/mol. The van der Waals surface area contributed by atoms with Crippen LogP contribution in [0.25, 0.3) is 0 Å². The molecule has 0 aromatic heterocycles. The van der Waals surface area contributed by atoms with Crippen molar-refractivity contribution in [3.8, 4) is 11.5 Å². The lowest BCUT2D eigenvalue weighted by Gasteiger charge is -2.19. The Labute approximate surface area is 134 Å². The maximum Gasteiger partial charge on any atom is 0.122 e. The molecule has 0 atom stereocenters. The second kappa shape index (κ2) is 6.87. The average molecular weight is 298 g/mol. The highest BCUT2D eigenvalue weighted by molar-refractivity contribution is 5.48. The summed E-state index contributed by atoms with van der Waals surface area (Å²) in [5.41, 5.74) is 6.61. The minimum atomic E-state index is 0.451. The van der Waals surface area contributed by atoms with Gasteiger partial charge in [-0.15, -0.1) is 0 Å². The second-order valence-electron chi connectivity index (χ2n) is 6.09. The standard InChI is InChI=1S/C20H26O2/c1-13(2)20-15(4)17(8-10-19(20)22-6)12-16-7-9-18(21-5)11-14(16)3/h7-11,13H,12H2,1-6H3. The van der Waals surface area contributed by atoms with E-state index in [1.54, 1.807) is 14.2 Å². The second-order valence-corrected chi connectivity index (χ2v) is 6.09. The number of benzene rings is 2. The van der Waals surface area contributed by atoms with Gasteiger partial charge in [-0.1, -0.05) is 26.0 Å². The van der Waals surface area contributed by atoms with E-state index in [0.717, 1.165) is 17.9 Å². The molecule has 2 aromatic rings. The zero-order chi connectivity index (χ0) is 16.3. The smallest absolute Gasteiger partial charge is 0.122 e. The van der Waals surface area contributed by atoms with Crippen molar-refractivity contribution in [3.05, 3.63) is 58.1 Å². The number of ether oxygens (including phenoxy) is 2. The topological polar surface area (TPSA) is 18.5 Å². The van der Waals surface area contributed by atoms with Crippen LogP contribution in [-0.4, -0.2) is 14.2 Å². The maximum atomic E-state index is 5.53. The van der Waals surface area contributed by atoms with Gasteiger partial charge in [0.1, 0.15) is 11.5 Å². The maximum absolute atomic E-state index is 5.53. The van der Waals surface area contributed by atoms with Gasteiger partial charge < -0.3 is 9.47 Å². The molecule has 2 nitrogen and oxygen atoms in total. The first kappa shape index (κ1) is 16.4.